The predicted octanol–water partition coefficient (Wildman–Crippen LogP) is 2.16. The highest BCUT2D eigenvalue weighted by atomic mass is 16.5. The highest BCUT2D eigenvalue weighted by molar-refractivity contribution is 5.85. The average molecular weight is 291 g/mol. The summed E-state index contributed by atoms with van der Waals surface area (Å²) in [5.41, 5.74) is 7.56. The van der Waals surface area contributed by atoms with Crippen LogP contribution in [0.4, 0.5) is 11.4 Å². The number of rotatable bonds is 6. The number of nitrogens with zero attached hydrogens (tertiary/aromatic N) is 1. The molecule has 1 atom stereocenters. The van der Waals surface area contributed by atoms with Gasteiger partial charge in [0.2, 0.25) is 5.91 Å². The van der Waals surface area contributed by atoms with E-state index in [0.717, 1.165) is 37.2 Å². The quantitative estimate of drug-likeness (QED) is 0.622. The van der Waals surface area contributed by atoms with Crippen molar-refractivity contribution in [2.75, 3.05) is 30.3 Å². The summed E-state index contributed by atoms with van der Waals surface area (Å²) < 4.78 is 5.92. The lowest BCUT2D eigenvalue weighted by Gasteiger charge is -2.36. The molecule has 0 fully saturated rings. The molecule has 1 unspecified atom stereocenters. The summed E-state index contributed by atoms with van der Waals surface area (Å²) in [7, 11) is 0. The van der Waals surface area contributed by atoms with E-state index in [9.17, 15) is 4.79 Å². The van der Waals surface area contributed by atoms with Gasteiger partial charge in [0.25, 0.3) is 0 Å². The maximum Gasteiger partial charge on any atom is 0.239 e. The van der Waals surface area contributed by atoms with Crippen molar-refractivity contribution >= 4 is 17.3 Å². The number of nitrogens with two attached hydrogens (primary N) is 1. The Morgan fingerprint density at radius 3 is 3.00 bits per heavy atom. The lowest BCUT2D eigenvalue weighted by atomic mass is 10.1. The van der Waals surface area contributed by atoms with Gasteiger partial charge in [0, 0.05) is 6.54 Å². The standard InChI is InChI=1S/C16H25N3O2/c1-3-5-9-18-15(20)11-19-10-12(4-2)21-14-8-6-7-13(17)16(14)19/h6-8,12H,3-5,9-11,17H2,1-2H3,(H,18,20). The number of fused-ring (bicyclic) bond motifs is 1. The number of amides is 1. The topological polar surface area (TPSA) is 67.6 Å². The molecule has 1 aromatic carbocycles. The van der Waals surface area contributed by atoms with Crippen LogP contribution in [-0.2, 0) is 4.79 Å². The number of nitrogens with one attached hydrogen (secondary N) is 1. The van der Waals surface area contributed by atoms with Crippen molar-refractivity contribution in [3.8, 4) is 5.75 Å². The van der Waals surface area contributed by atoms with E-state index in [1.54, 1.807) is 0 Å². The van der Waals surface area contributed by atoms with Crippen molar-refractivity contribution < 1.29 is 9.53 Å². The van der Waals surface area contributed by atoms with Crippen LogP contribution in [0, 0.1) is 0 Å². The molecule has 116 valence electrons. The normalized spacial score (nSPS) is 17.0. The van der Waals surface area contributed by atoms with Crippen LogP contribution in [0.5, 0.6) is 5.75 Å². The number of unbranched alkanes of at least 4 members (excludes halogenated alkanes) is 1. The number of para-hydroxylation sites is 1. The van der Waals surface area contributed by atoms with Crippen LogP contribution in [0.1, 0.15) is 33.1 Å². The van der Waals surface area contributed by atoms with E-state index in [0.29, 0.717) is 18.8 Å². The van der Waals surface area contributed by atoms with Gasteiger partial charge in [0.1, 0.15) is 17.5 Å². The van der Waals surface area contributed by atoms with Crippen LogP contribution in [0.15, 0.2) is 18.2 Å². The minimum atomic E-state index is 0.0365. The molecule has 0 bridgehead atoms. The summed E-state index contributed by atoms with van der Waals surface area (Å²) in [4.78, 5) is 14.1. The third kappa shape index (κ3) is 3.80. The largest absolute Gasteiger partial charge is 0.486 e. The second-order valence-corrected chi connectivity index (χ2v) is 5.43. The molecular weight excluding hydrogens is 266 g/mol. The van der Waals surface area contributed by atoms with Crippen LogP contribution in [-0.4, -0.2) is 31.6 Å². The van der Waals surface area contributed by atoms with Gasteiger partial charge in [0.05, 0.1) is 18.8 Å². The van der Waals surface area contributed by atoms with Gasteiger partial charge >= 0.3 is 0 Å². The maximum absolute atomic E-state index is 12.1. The molecule has 1 aromatic rings. The van der Waals surface area contributed by atoms with Crippen LogP contribution in [0.2, 0.25) is 0 Å². The Morgan fingerprint density at radius 1 is 1.48 bits per heavy atom. The Kier molecular flexibility index (Phi) is 5.31. The molecule has 5 nitrogen and oxygen atoms in total. The van der Waals surface area contributed by atoms with Crippen LogP contribution < -0.4 is 20.7 Å². The highest BCUT2D eigenvalue weighted by Gasteiger charge is 2.27. The van der Waals surface area contributed by atoms with Gasteiger partial charge in [-0.15, -0.1) is 0 Å². The van der Waals surface area contributed by atoms with Crippen molar-refractivity contribution in [1.29, 1.82) is 0 Å². The van der Waals surface area contributed by atoms with Crippen molar-refractivity contribution in [1.82, 2.24) is 5.32 Å². The number of nitrogen functional groups attached to an aromatic ring is 1. The Hall–Kier alpha value is -1.91. The van der Waals surface area contributed by atoms with Crippen molar-refractivity contribution in [3.05, 3.63) is 18.2 Å². The summed E-state index contributed by atoms with van der Waals surface area (Å²) in [6.45, 7) is 5.94. The molecule has 0 saturated carbocycles. The molecular formula is C16H25N3O2. The number of ether oxygens (including phenoxy) is 1. The van der Waals surface area contributed by atoms with Crippen LogP contribution in [0.25, 0.3) is 0 Å². The molecule has 1 heterocycles. The lowest BCUT2D eigenvalue weighted by molar-refractivity contribution is -0.119. The summed E-state index contributed by atoms with van der Waals surface area (Å²) in [6.07, 6.45) is 3.08. The predicted molar refractivity (Wildman–Crippen MR) is 85.7 cm³/mol. The van der Waals surface area contributed by atoms with Crippen LogP contribution >= 0.6 is 0 Å². The SMILES string of the molecule is CCCCNC(=O)CN1CC(CC)Oc2cccc(N)c21. The van der Waals surface area contributed by atoms with E-state index in [-0.39, 0.29) is 12.0 Å². The Bertz CT molecular complexity index is 490. The molecule has 0 aliphatic carbocycles. The maximum atomic E-state index is 12.1. The fourth-order valence-corrected chi connectivity index (χ4v) is 2.52. The molecule has 1 aliphatic rings. The third-order valence-electron chi connectivity index (χ3n) is 3.71. The summed E-state index contributed by atoms with van der Waals surface area (Å²) in [5, 5.41) is 2.95. The fraction of sp³-hybridized carbons (Fsp3) is 0.562. The summed E-state index contributed by atoms with van der Waals surface area (Å²) in [5.74, 6) is 0.809. The number of hydrogen-bond acceptors (Lipinski definition) is 4. The molecule has 0 saturated heterocycles. The smallest absolute Gasteiger partial charge is 0.239 e. The lowest BCUT2D eigenvalue weighted by Crippen LogP contribution is -2.45. The monoisotopic (exact) mass is 291 g/mol. The van der Waals surface area contributed by atoms with Crippen molar-refractivity contribution in [2.45, 2.75) is 39.2 Å². The second kappa shape index (κ2) is 7.20. The van der Waals surface area contributed by atoms with E-state index in [2.05, 4.69) is 19.2 Å². The van der Waals surface area contributed by atoms with Gasteiger partial charge in [0.15, 0.2) is 0 Å². The molecule has 0 aromatic heterocycles. The zero-order valence-corrected chi connectivity index (χ0v) is 12.9. The number of carbonyl (C=O) groups excluding carboxylic acids is 1. The minimum Gasteiger partial charge on any atom is -0.486 e. The first-order valence-electron chi connectivity index (χ1n) is 7.72. The molecule has 21 heavy (non-hydrogen) atoms. The van der Waals surface area contributed by atoms with Crippen molar-refractivity contribution in [3.63, 3.8) is 0 Å². The highest BCUT2D eigenvalue weighted by Crippen LogP contribution is 2.38. The number of anilines is 2. The Morgan fingerprint density at radius 2 is 2.29 bits per heavy atom. The first kappa shape index (κ1) is 15.5. The fourth-order valence-electron chi connectivity index (χ4n) is 2.52. The first-order chi connectivity index (χ1) is 10.2. The van der Waals surface area contributed by atoms with Gasteiger partial charge < -0.3 is 20.7 Å². The van der Waals surface area contributed by atoms with E-state index in [1.807, 2.05) is 23.1 Å². The second-order valence-electron chi connectivity index (χ2n) is 5.43. The molecule has 1 amide bonds. The molecule has 1 aliphatic heterocycles. The Balaban J connectivity index is 2.10. The van der Waals surface area contributed by atoms with Gasteiger partial charge in [-0.2, -0.15) is 0 Å². The average Bonchev–Trinajstić information content (AvgIpc) is 2.47. The van der Waals surface area contributed by atoms with E-state index < -0.39 is 0 Å². The van der Waals surface area contributed by atoms with E-state index in [4.69, 9.17) is 10.5 Å². The minimum absolute atomic E-state index is 0.0365. The first-order valence-corrected chi connectivity index (χ1v) is 7.72. The number of benzene rings is 1. The van der Waals surface area contributed by atoms with E-state index >= 15 is 0 Å². The van der Waals surface area contributed by atoms with Gasteiger partial charge in [-0.05, 0) is 25.0 Å². The number of hydrogen-bond donors (Lipinski definition) is 2. The summed E-state index contributed by atoms with van der Waals surface area (Å²) >= 11 is 0. The van der Waals surface area contributed by atoms with Gasteiger partial charge in [-0.1, -0.05) is 26.3 Å². The third-order valence-corrected chi connectivity index (χ3v) is 3.71. The Labute approximate surface area is 126 Å². The molecule has 0 radical (unpaired) electrons. The van der Waals surface area contributed by atoms with Crippen molar-refractivity contribution in [2.24, 2.45) is 0 Å². The van der Waals surface area contributed by atoms with Gasteiger partial charge in [-0.3, -0.25) is 4.79 Å². The molecule has 2 rings (SSSR count). The summed E-state index contributed by atoms with van der Waals surface area (Å²) in [6, 6.07) is 5.64. The van der Waals surface area contributed by atoms with Gasteiger partial charge in [-0.25, -0.2) is 0 Å². The zero-order valence-electron chi connectivity index (χ0n) is 12.9. The van der Waals surface area contributed by atoms with Crippen LogP contribution in [0.3, 0.4) is 0 Å². The molecule has 3 N–H and O–H groups in total. The molecule has 5 heteroatoms. The molecule has 0 spiro atoms. The zero-order chi connectivity index (χ0) is 15.2. The number of carbonyl (C=O) groups is 1. The van der Waals surface area contributed by atoms with E-state index in [1.165, 1.54) is 0 Å².